The number of nitrogens with one attached hydrogen (secondary N) is 1. The van der Waals surface area contributed by atoms with E-state index in [1.165, 1.54) is 30.5 Å². The lowest BCUT2D eigenvalue weighted by molar-refractivity contribution is -0.119. The molecule has 2 aromatic heterocycles. The van der Waals surface area contributed by atoms with Crippen molar-refractivity contribution >= 4 is 34.5 Å². The molecule has 2 heterocycles. The molecular weight excluding hydrogens is 388 g/mol. The highest BCUT2D eigenvalue weighted by Gasteiger charge is 2.18. The van der Waals surface area contributed by atoms with Gasteiger partial charge in [0.2, 0.25) is 11.3 Å². The molecule has 2 amide bonds. The standard InChI is InChI=1S/C21H20N4O5/c1-3-25-10-16(18(27)15-9-4-12(2)23-20(15)25)21(29)30-11-17(26)24-14-7-5-13(6-8-14)19(22)28/h4-10H,3,11H2,1-2H3,(H2,22,28)(H,24,26). The number of primary amides is 1. The number of anilines is 1. The highest BCUT2D eigenvalue weighted by Crippen LogP contribution is 2.12. The van der Waals surface area contributed by atoms with E-state index in [0.717, 1.165) is 5.69 Å². The first kappa shape index (κ1) is 20.7. The number of nitrogens with two attached hydrogens (primary N) is 1. The second-order valence-corrected chi connectivity index (χ2v) is 6.55. The lowest BCUT2D eigenvalue weighted by Crippen LogP contribution is -2.25. The molecule has 0 radical (unpaired) electrons. The Morgan fingerprint density at radius 3 is 2.47 bits per heavy atom. The number of pyridine rings is 2. The topological polar surface area (TPSA) is 133 Å². The second kappa shape index (κ2) is 8.56. The summed E-state index contributed by atoms with van der Waals surface area (Å²) < 4.78 is 6.70. The smallest absolute Gasteiger partial charge is 0.344 e. The minimum Gasteiger partial charge on any atom is -0.452 e. The number of nitrogens with zero attached hydrogens (tertiary/aromatic N) is 2. The van der Waals surface area contributed by atoms with Crippen LogP contribution in [0.1, 0.15) is 33.3 Å². The number of hydrogen-bond acceptors (Lipinski definition) is 6. The number of carbonyl (C=O) groups is 3. The normalized spacial score (nSPS) is 10.6. The molecule has 0 saturated carbocycles. The first-order valence-corrected chi connectivity index (χ1v) is 9.17. The SMILES string of the molecule is CCn1cc(C(=O)OCC(=O)Nc2ccc(C(N)=O)cc2)c(=O)c2ccc(C)nc21. The summed E-state index contributed by atoms with van der Waals surface area (Å²) in [5, 5.41) is 2.83. The summed E-state index contributed by atoms with van der Waals surface area (Å²) in [7, 11) is 0. The average Bonchev–Trinajstić information content (AvgIpc) is 2.72. The Morgan fingerprint density at radius 1 is 1.13 bits per heavy atom. The van der Waals surface area contributed by atoms with Crippen molar-refractivity contribution in [2.45, 2.75) is 20.4 Å². The monoisotopic (exact) mass is 408 g/mol. The number of amides is 2. The van der Waals surface area contributed by atoms with E-state index in [1.54, 1.807) is 16.7 Å². The van der Waals surface area contributed by atoms with E-state index in [0.29, 0.717) is 28.8 Å². The molecule has 0 atom stereocenters. The number of carbonyl (C=O) groups excluding carboxylic acids is 3. The Bertz CT molecular complexity index is 1200. The van der Waals surface area contributed by atoms with Crippen molar-refractivity contribution in [1.29, 1.82) is 0 Å². The molecule has 30 heavy (non-hydrogen) atoms. The van der Waals surface area contributed by atoms with Crippen LogP contribution in [0.3, 0.4) is 0 Å². The van der Waals surface area contributed by atoms with Crippen LogP contribution < -0.4 is 16.5 Å². The average molecular weight is 408 g/mol. The zero-order valence-electron chi connectivity index (χ0n) is 16.5. The van der Waals surface area contributed by atoms with Crippen molar-refractivity contribution in [2.75, 3.05) is 11.9 Å². The summed E-state index contributed by atoms with van der Waals surface area (Å²) in [6.45, 7) is 3.59. The lowest BCUT2D eigenvalue weighted by atomic mass is 10.2. The Labute approximate surface area is 171 Å². The van der Waals surface area contributed by atoms with Crippen molar-refractivity contribution in [3.63, 3.8) is 0 Å². The maximum absolute atomic E-state index is 12.7. The predicted octanol–water partition coefficient (Wildman–Crippen LogP) is 1.62. The Kier molecular flexibility index (Phi) is 5.91. The summed E-state index contributed by atoms with van der Waals surface area (Å²) in [5.41, 5.74) is 6.42. The lowest BCUT2D eigenvalue weighted by Gasteiger charge is -2.11. The van der Waals surface area contributed by atoms with Gasteiger partial charge in [0, 0.05) is 29.7 Å². The van der Waals surface area contributed by atoms with Crippen LogP contribution in [0.25, 0.3) is 11.0 Å². The fourth-order valence-electron chi connectivity index (χ4n) is 2.87. The van der Waals surface area contributed by atoms with Crippen LogP contribution in [-0.2, 0) is 16.1 Å². The Balaban J connectivity index is 1.73. The molecule has 3 rings (SSSR count). The number of ether oxygens (including phenoxy) is 1. The van der Waals surface area contributed by atoms with Gasteiger partial charge in [0.15, 0.2) is 6.61 Å². The fraction of sp³-hybridized carbons (Fsp3) is 0.190. The van der Waals surface area contributed by atoms with E-state index in [-0.39, 0.29) is 5.56 Å². The van der Waals surface area contributed by atoms with Gasteiger partial charge in [-0.1, -0.05) is 0 Å². The number of aryl methyl sites for hydroxylation is 2. The molecule has 0 bridgehead atoms. The molecule has 3 aromatic rings. The second-order valence-electron chi connectivity index (χ2n) is 6.55. The number of esters is 1. The van der Waals surface area contributed by atoms with Gasteiger partial charge in [-0.25, -0.2) is 9.78 Å². The molecule has 0 spiro atoms. The van der Waals surface area contributed by atoms with Gasteiger partial charge < -0.3 is 20.4 Å². The fourth-order valence-corrected chi connectivity index (χ4v) is 2.87. The van der Waals surface area contributed by atoms with Crippen LogP contribution in [-0.4, -0.2) is 33.9 Å². The summed E-state index contributed by atoms with van der Waals surface area (Å²) in [5.74, 6) is -2.08. The molecule has 0 aliphatic heterocycles. The van der Waals surface area contributed by atoms with Gasteiger partial charge in [-0.3, -0.25) is 14.4 Å². The number of rotatable bonds is 6. The highest BCUT2D eigenvalue weighted by molar-refractivity contribution is 5.97. The van der Waals surface area contributed by atoms with Gasteiger partial charge in [0.25, 0.3) is 5.91 Å². The van der Waals surface area contributed by atoms with E-state index in [4.69, 9.17) is 10.5 Å². The van der Waals surface area contributed by atoms with Crippen LogP contribution >= 0.6 is 0 Å². The molecule has 0 unspecified atom stereocenters. The van der Waals surface area contributed by atoms with Crippen molar-refractivity contribution in [3.8, 4) is 0 Å². The third-order valence-electron chi connectivity index (χ3n) is 4.41. The largest absolute Gasteiger partial charge is 0.452 e. The van der Waals surface area contributed by atoms with E-state index < -0.39 is 29.8 Å². The molecule has 1 aromatic carbocycles. The third kappa shape index (κ3) is 4.35. The minimum absolute atomic E-state index is 0.173. The summed E-state index contributed by atoms with van der Waals surface area (Å²) in [6, 6.07) is 9.22. The quantitative estimate of drug-likeness (QED) is 0.596. The van der Waals surface area contributed by atoms with Gasteiger partial charge >= 0.3 is 5.97 Å². The van der Waals surface area contributed by atoms with Crippen molar-refractivity contribution < 1.29 is 19.1 Å². The molecule has 0 aliphatic carbocycles. The van der Waals surface area contributed by atoms with Gasteiger partial charge in [0.05, 0.1) is 5.39 Å². The Morgan fingerprint density at radius 2 is 1.83 bits per heavy atom. The number of fused-ring (bicyclic) bond motifs is 1. The third-order valence-corrected chi connectivity index (χ3v) is 4.41. The van der Waals surface area contributed by atoms with E-state index in [9.17, 15) is 19.2 Å². The molecule has 9 heteroatoms. The van der Waals surface area contributed by atoms with Crippen LogP contribution in [0, 0.1) is 6.92 Å². The van der Waals surface area contributed by atoms with E-state index >= 15 is 0 Å². The van der Waals surface area contributed by atoms with Crippen LogP contribution in [0.4, 0.5) is 5.69 Å². The van der Waals surface area contributed by atoms with Gasteiger partial charge in [-0.15, -0.1) is 0 Å². The molecule has 0 saturated heterocycles. The highest BCUT2D eigenvalue weighted by atomic mass is 16.5. The zero-order valence-corrected chi connectivity index (χ0v) is 16.5. The van der Waals surface area contributed by atoms with Crippen LogP contribution in [0.15, 0.2) is 47.4 Å². The molecule has 3 N–H and O–H groups in total. The molecule has 0 fully saturated rings. The predicted molar refractivity (Wildman–Crippen MR) is 110 cm³/mol. The number of hydrogen-bond donors (Lipinski definition) is 2. The molecule has 0 aliphatic rings. The van der Waals surface area contributed by atoms with E-state index in [1.807, 2.05) is 13.8 Å². The summed E-state index contributed by atoms with van der Waals surface area (Å²) in [4.78, 5) is 52.6. The molecule has 9 nitrogen and oxygen atoms in total. The Hall–Kier alpha value is -4.01. The van der Waals surface area contributed by atoms with Gasteiger partial charge in [-0.05, 0) is 50.2 Å². The summed E-state index contributed by atoms with van der Waals surface area (Å²) >= 11 is 0. The molecular formula is C21H20N4O5. The summed E-state index contributed by atoms with van der Waals surface area (Å²) in [6.07, 6.45) is 1.39. The van der Waals surface area contributed by atoms with Crippen LogP contribution in [0.2, 0.25) is 0 Å². The van der Waals surface area contributed by atoms with Crippen molar-refractivity contribution in [1.82, 2.24) is 9.55 Å². The maximum Gasteiger partial charge on any atom is 0.344 e. The number of aromatic nitrogens is 2. The number of benzene rings is 1. The van der Waals surface area contributed by atoms with Crippen LogP contribution in [0.5, 0.6) is 0 Å². The molecule has 154 valence electrons. The van der Waals surface area contributed by atoms with Gasteiger partial charge in [-0.2, -0.15) is 0 Å². The minimum atomic E-state index is -0.899. The van der Waals surface area contributed by atoms with Crippen molar-refractivity contribution in [2.24, 2.45) is 5.73 Å². The zero-order chi connectivity index (χ0) is 21.8. The first-order chi connectivity index (χ1) is 14.3. The van der Waals surface area contributed by atoms with Gasteiger partial charge in [0.1, 0.15) is 11.2 Å². The maximum atomic E-state index is 12.7. The van der Waals surface area contributed by atoms with E-state index in [2.05, 4.69) is 10.3 Å². The van der Waals surface area contributed by atoms with Crippen molar-refractivity contribution in [3.05, 3.63) is 69.6 Å². The first-order valence-electron chi connectivity index (χ1n) is 9.17.